The first-order chi connectivity index (χ1) is 13.2. The molecule has 1 aromatic heterocycles. The molecule has 5 rings (SSSR count). The second kappa shape index (κ2) is 6.69. The normalized spacial score (nSPS) is 28.3. The Labute approximate surface area is 160 Å². The van der Waals surface area contributed by atoms with Gasteiger partial charge < -0.3 is 4.57 Å². The van der Waals surface area contributed by atoms with Crippen LogP contribution >= 0.6 is 0 Å². The number of hydrogen-bond acceptors (Lipinski definition) is 5. The Bertz CT molecular complexity index is 752. The maximum atomic E-state index is 13.0. The number of aryl methyl sites for hydroxylation is 1. The van der Waals surface area contributed by atoms with E-state index in [0.717, 1.165) is 69.7 Å². The first-order valence-electron chi connectivity index (χ1n) is 10.7. The Hall–Kier alpha value is -1.76. The number of likely N-dealkylation sites (tertiary alicyclic amines) is 2. The molecule has 4 aliphatic rings. The molecule has 1 saturated carbocycles. The van der Waals surface area contributed by atoms with Crippen molar-refractivity contribution in [3.05, 3.63) is 11.6 Å². The largest absolute Gasteiger partial charge is 0.314 e. The highest BCUT2D eigenvalue weighted by atomic mass is 16.2. The fraction of sp³-hybridized carbons (Fsp3) is 0.800. The summed E-state index contributed by atoms with van der Waals surface area (Å²) in [5.74, 6) is 2.25. The van der Waals surface area contributed by atoms with Crippen molar-refractivity contribution in [2.24, 2.45) is 5.41 Å². The van der Waals surface area contributed by atoms with Crippen LogP contribution in [0.25, 0.3) is 0 Å². The number of rotatable bonds is 3. The monoisotopic (exact) mass is 371 g/mol. The van der Waals surface area contributed by atoms with E-state index >= 15 is 0 Å². The third kappa shape index (κ3) is 2.82. The molecule has 1 atom stereocenters. The molecule has 2 saturated heterocycles. The van der Waals surface area contributed by atoms with Gasteiger partial charge in [0.05, 0.1) is 18.1 Å². The molecule has 7 heteroatoms. The molecule has 1 aliphatic carbocycles. The Kier molecular flexibility index (Phi) is 4.30. The van der Waals surface area contributed by atoms with Crippen LogP contribution in [0.1, 0.15) is 81.9 Å². The van der Waals surface area contributed by atoms with Crippen LogP contribution in [0.15, 0.2) is 0 Å². The van der Waals surface area contributed by atoms with Crippen LogP contribution in [0.3, 0.4) is 0 Å². The first-order valence-corrected chi connectivity index (χ1v) is 10.7. The van der Waals surface area contributed by atoms with E-state index in [2.05, 4.69) is 19.7 Å². The lowest BCUT2D eigenvalue weighted by Crippen LogP contribution is -2.43. The molecule has 0 N–H and O–H groups in total. The Morgan fingerprint density at radius 2 is 1.81 bits per heavy atom. The maximum Gasteiger partial charge on any atom is 0.237 e. The number of carbonyl (C=O) groups is 2. The van der Waals surface area contributed by atoms with Gasteiger partial charge in [-0.25, -0.2) is 0 Å². The van der Waals surface area contributed by atoms with Gasteiger partial charge >= 0.3 is 0 Å². The van der Waals surface area contributed by atoms with E-state index in [-0.39, 0.29) is 23.3 Å². The van der Waals surface area contributed by atoms with Crippen molar-refractivity contribution in [1.82, 2.24) is 24.6 Å². The van der Waals surface area contributed by atoms with Gasteiger partial charge in [-0.15, -0.1) is 10.2 Å². The second-order valence-electron chi connectivity index (χ2n) is 8.84. The number of aromatic nitrogens is 3. The zero-order valence-electron chi connectivity index (χ0n) is 16.0. The number of imide groups is 1. The SMILES string of the molecule is O=C1CC2(CCCC2)C(=O)N1CN1CCC[C@H]1c1nnc2n1CCCCC2. The van der Waals surface area contributed by atoms with Crippen LogP contribution in [0, 0.1) is 5.41 Å². The molecule has 0 radical (unpaired) electrons. The zero-order valence-corrected chi connectivity index (χ0v) is 16.0. The average Bonchev–Trinajstić information content (AvgIpc) is 3.40. The lowest BCUT2D eigenvalue weighted by Gasteiger charge is -2.29. The van der Waals surface area contributed by atoms with Crippen LogP contribution in [0.2, 0.25) is 0 Å². The summed E-state index contributed by atoms with van der Waals surface area (Å²) >= 11 is 0. The van der Waals surface area contributed by atoms with Crippen molar-refractivity contribution in [1.29, 1.82) is 0 Å². The fourth-order valence-electron chi connectivity index (χ4n) is 5.67. The summed E-state index contributed by atoms with van der Waals surface area (Å²) in [5, 5.41) is 8.99. The van der Waals surface area contributed by atoms with E-state index in [0.29, 0.717) is 13.1 Å². The maximum absolute atomic E-state index is 13.0. The molecule has 3 aliphatic heterocycles. The van der Waals surface area contributed by atoms with Gasteiger partial charge in [0.2, 0.25) is 11.8 Å². The predicted molar refractivity (Wildman–Crippen MR) is 98.5 cm³/mol. The van der Waals surface area contributed by atoms with Crippen molar-refractivity contribution in [2.45, 2.75) is 83.2 Å². The summed E-state index contributed by atoms with van der Waals surface area (Å²) in [6.07, 6.45) is 11.1. The quantitative estimate of drug-likeness (QED) is 0.763. The van der Waals surface area contributed by atoms with Crippen LogP contribution in [-0.4, -0.2) is 49.6 Å². The number of amides is 2. The van der Waals surface area contributed by atoms with Gasteiger partial charge in [0.1, 0.15) is 11.6 Å². The van der Waals surface area contributed by atoms with Gasteiger partial charge in [0, 0.05) is 25.9 Å². The number of nitrogens with zero attached hydrogens (tertiary/aromatic N) is 5. The summed E-state index contributed by atoms with van der Waals surface area (Å²) in [6, 6.07) is 0.171. The minimum Gasteiger partial charge on any atom is -0.314 e. The molecule has 7 nitrogen and oxygen atoms in total. The molecule has 0 aromatic carbocycles. The van der Waals surface area contributed by atoms with E-state index in [1.807, 2.05) is 0 Å². The molecule has 0 unspecified atom stereocenters. The second-order valence-corrected chi connectivity index (χ2v) is 8.84. The molecular formula is C20H29N5O2. The number of fused-ring (bicyclic) bond motifs is 1. The van der Waals surface area contributed by atoms with Gasteiger partial charge in [-0.05, 0) is 38.5 Å². The smallest absolute Gasteiger partial charge is 0.237 e. The highest BCUT2D eigenvalue weighted by molar-refractivity contribution is 6.06. The molecule has 1 aromatic rings. The topological polar surface area (TPSA) is 71.3 Å². The Balaban J connectivity index is 1.36. The minimum absolute atomic E-state index is 0.0209. The predicted octanol–water partition coefficient (Wildman–Crippen LogP) is 2.42. The van der Waals surface area contributed by atoms with Crippen molar-refractivity contribution < 1.29 is 9.59 Å². The van der Waals surface area contributed by atoms with Gasteiger partial charge in [0.15, 0.2) is 0 Å². The molecule has 4 heterocycles. The van der Waals surface area contributed by atoms with Crippen LogP contribution in [-0.2, 0) is 22.6 Å². The summed E-state index contributed by atoms with van der Waals surface area (Å²) in [5.41, 5.74) is -0.377. The molecule has 146 valence electrons. The third-order valence-corrected chi connectivity index (χ3v) is 7.17. The highest BCUT2D eigenvalue weighted by Gasteiger charge is 2.53. The molecule has 27 heavy (non-hydrogen) atoms. The van der Waals surface area contributed by atoms with Crippen molar-refractivity contribution in [2.75, 3.05) is 13.2 Å². The van der Waals surface area contributed by atoms with Crippen LogP contribution in [0.5, 0.6) is 0 Å². The Morgan fingerprint density at radius 1 is 0.963 bits per heavy atom. The number of carbonyl (C=O) groups excluding carboxylic acids is 2. The van der Waals surface area contributed by atoms with Gasteiger partial charge in [-0.2, -0.15) is 0 Å². The lowest BCUT2D eigenvalue weighted by atomic mass is 9.85. The molecule has 3 fully saturated rings. The minimum atomic E-state index is -0.377. The van der Waals surface area contributed by atoms with Gasteiger partial charge in [0.25, 0.3) is 0 Å². The summed E-state index contributed by atoms with van der Waals surface area (Å²) in [6.45, 7) is 2.33. The van der Waals surface area contributed by atoms with Crippen LogP contribution < -0.4 is 0 Å². The molecular weight excluding hydrogens is 342 g/mol. The van der Waals surface area contributed by atoms with Gasteiger partial charge in [-0.1, -0.05) is 19.3 Å². The van der Waals surface area contributed by atoms with E-state index in [9.17, 15) is 9.59 Å². The lowest BCUT2D eigenvalue weighted by molar-refractivity contribution is -0.144. The third-order valence-electron chi connectivity index (χ3n) is 7.17. The molecule has 1 spiro atoms. The van der Waals surface area contributed by atoms with E-state index < -0.39 is 0 Å². The van der Waals surface area contributed by atoms with Crippen LogP contribution in [0.4, 0.5) is 0 Å². The highest BCUT2D eigenvalue weighted by Crippen LogP contribution is 2.47. The zero-order chi connectivity index (χ0) is 18.4. The van der Waals surface area contributed by atoms with Crippen molar-refractivity contribution >= 4 is 11.8 Å². The molecule has 0 bridgehead atoms. The summed E-state index contributed by atoms with van der Waals surface area (Å²) in [4.78, 5) is 29.5. The van der Waals surface area contributed by atoms with E-state index in [1.165, 1.54) is 19.3 Å². The standard InChI is InChI=1S/C20H29N5O2/c26-17-13-20(9-3-4-10-20)19(27)25(17)14-23-11-6-7-15(23)18-22-21-16-8-2-1-5-12-24(16)18/h15H,1-14H2/t15-/m0/s1. The Morgan fingerprint density at radius 3 is 2.67 bits per heavy atom. The average molecular weight is 371 g/mol. The van der Waals surface area contributed by atoms with E-state index in [4.69, 9.17) is 0 Å². The van der Waals surface area contributed by atoms with Crippen molar-refractivity contribution in [3.8, 4) is 0 Å². The fourth-order valence-corrected chi connectivity index (χ4v) is 5.67. The summed E-state index contributed by atoms with van der Waals surface area (Å²) < 4.78 is 2.31. The van der Waals surface area contributed by atoms with E-state index in [1.54, 1.807) is 4.90 Å². The number of hydrogen-bond donors (Lipinski definition) is 0. The molecule has 2 amide bonds. The van der Waals surface area contributed by atoms with Crippen molar-refractivity contribution in [3.63, 3.8) is 0 Å². The summed E-state index contributed by atoms with van der Waals surface area (Å²) in [7, 11) is 0. The van der Waals surface area contributed by atoms with Gasteiger partial charge in [-0.3, -0.25) is 19.4 Å². The first kappa shape index (κ1) is 17.3.